The van der Waals surface area contributed by atoms with Crippen LogP contribution in [-0.4, -0.2) is 21.9 Å². The van der Waals surface area contributed by atoms with Crippen LogP contribution in [0, 0.1) is 0 Å². The van der Waals surface area contributed by atoms with E-state index in [0.29, 0.717) is 15.7 Å². The molecule has 0 aliphatic heterocycles. The van der Waals surface area contributed by atoms with Crippen molar-refractivity contribution >= 4 is 70.5 Å². The molecule has 0 saturated carbocycles. The highest BCUT2D eigenvalue weighted by atomic mass is 35.5. The van der Waals surface area contributed by atoms with E-state index in [0.717, 1.165) is 21.7 Å². The van der Waals surface area contributed by atoms with Crippen LogP contribution in [0.4, 0.5) is 4.79 Å². The third kappa shape index (κ3) is 6.80. The molecule has 0 radical (unpaired) electrons. The van der Waals surface area contributed by atoms with Crippen LogP contribution in [0.3, 0.4) is 0 Å². The average Bonchev–Trinajstić information content (AvgIpc) is 2.67. The summed E-state index contributed by atoms with van der Waals surface area (Å²) in [6.45, 7) is 0. The Labute approximate surface area is 189 Å². The fraction of sp³-hybridized carbons (Fsp3) is 0. The molecule has 0 saturated heterocycles. The molecule has 29 heavy (non-hydrogen) atoms. The van der Waals surface area contributed by atoms with E-state index in [9.17, 15) is 9.59 Å². The van der Waals surface area contributed by atoms with Gasteiger partial charge in [-0.3, -0.25) is 14.8 Å². The second kappa shape index (κ2) is 10.2. The number of rotatable bonds is 5. The standard InChI is InChI=1S/C18H11Cl3N4O2S2/c19-11-3-1-10(2-4-11)16(26)24-17(27)25-29-13-7-5-12(6-8-13)28-18-22-14(20)9-15(21)23-18/h1-9H,(H2,24,25,26,27). The van der Waals surface area contributed by atoms with Gasteiger partial charge in [-0.1, -0.05) is 34.8 Å². The SMILES string of the molecule is O=C(NSc1ccc(Sc2nc(Cl)cc(Cl)n2)cc1)NC(=O)c1ccc(Cl)cc1. The summed E-state index contributed by atoms with van der Waals surface area (Å²) in [5.41, 5.74) is 0.333. The number of aromatic nitrogens is 2. The van der Waals surface area contributed by atoms with Gasteiger partial charge in [0.15, 0.2) is 5.16 Å². The molecule has 6 nitrogen and oxygen atoms in total. The number of benzene rings is 2. The van der Waals surface area contributed by atoms with Gasteiger partial charge in [0.1, 0.15) is 10.3 Å². The van der Waals surface area contributed by atoms with Gasteiger partial charge in [0.25, 0.3) is 5.91 Å². The number of amides is 3. The van der Waals surface area contributed by atoms with Crippen LogP contribution in [0.5, 0.6) is 0 Å². The number of hydrogen-bond donors (Lipinski definition) is 2. The Morgan fingerprint density at radius 2 is 1.41 bits per heavy atom. The van der Waals surface area contributed by atoms with Crippen molar-refractivity contribution in [3.8, 4) is 0 Å². The van der Waals surface area contributed by atoms with Gasteiger partial charge < -0.3 is 0 Å². The number of nitrogens with zero attached hydrogens (tertiary/aromatic N) is 2. The lowest BCUT2D eigenvalue weighted by atomic mass is 10.2. The Kier molecular flexibility index (Phi) is 7.63. The molecule has 1 heterocycles. The van der Waals surface area contributed by atoms with Gasteiger partial charge in [0.2, 0.25) is 0 Å². The molecule has 0 atom stereocenters. The topological polar surface area (TPSA) is 84.0 Å². The first-order chi connectivity index (χ1) is 13.9. The number of carbonyl (C=O) groups excluding carboxylic acids is 2. The summed E-state index contributed by atoms with van der Waals surface area (Å²) in [6.07, 6.45) is 0. The molecule has 0 unspecified atom stereocenters. The summed E-state index contributed by atoms with van der Waals surface area (Å²) < 4.78 is 2.55. The molecule has 148 valence electrons. The quantitative estimate of drug-likeness (QED) is 0.272. The van der Waals surface area contributed by atoms with E-state index in [-0.39, 0.29) is 10.3 Å². The van der Waals surface area contributed by atoms with Gasteiger partial charge in [-0.15, -0.1) is 0 Å². The van der Waals surface area contributed by atoms with Gasteiger partial charge in [-0.2, -0.15) is 0 Å². The Morgan fingerprint density at radius 1 is 0.828 bits per heavy atom. The number of imide groups is 1. The minimum absolute atomic E-state index is 0.267. The van der Waals surface area contributed by atoms with Gasteiger partial charge in [0.05, 0.1) is 0 Å². The van der Waals surface area contributed by atoms with Crippen molar-refractivity contribution in [2.45, 2.75) is 14.9 Å². The zero-order valence-corrected chi connectivity index (χ0v) is 18.3. The van der Waals surface area contributed by atoms with Crippen molar-refractivity contribution in [2.24, 2.45) is 0 Å². The number of halogens is 3. The second-order valence-electron chi connectivity index (χ2n) is 5.36. The summed E-state index contributed by atoms with van der Waals surface area (Å²) in [7, 11) is 0. The molecule has 2 N–H and O–H groups in total. The number of hydrogen-bond acceptors (Lipinski definition) is 6. The van der Waals surface area contributed by atoms with Crippen molar-refractivity contribution in [3.63, 3.8) is 0 Å². The van der Waals surface area contributed by atoms with E-state index in [1.807, 2.05) is 12.1 Å². The van der Waals surface area contributed by atoms with E-state index in [1.54, 1.807) is 24.3 Å². The lowest BCUT2D eigenvalue weighted by Crippen LogP contribution is -2.36. The Bertz CT molecular complexity index is 1010. The monoisotopic (exact) mass is 484 g/mol. The highest BCUT2D eigenvalue weighted by molar-refractivity contribution is 7.99. The van der Waals surface area contributed by atoms with E-state index in [2.05, 4.69) is 20.0 Å². The van der Waals surface area contributed by atoms with Crippen LogP contribution >= 0.6 is 58.5 Å². The Hall–Kier alpha value is -1.97. The van der Waals surface area contributed by atoms with Gasteiger partial charge in [-0.05, 0) is 72.2 Å². The maximum absolute atomic E-state index is 12.0. The van der Waals surface area contributed by atoms with Crippen LogP contribution in [-0.2, 0) is 0 Å². The van der Waals surface area contributed by atoms with Crippen molar-refractivity contribution < 1.29 is 9.59 Å². The van der Waals surface area contributed by atoms with E-state index in [1.165, 1.54) is 30.0 Å². The maximum atomic E-state index is 12.0. The number of urea groups is 1. The van der Waals surface area contributed by atoms with E-state index < -0.39 is 11.9 Å². The molecule has 0 aliphatic carbocycles. The maximum Gasteiger partial charge on any atom is 0.331 e. The number of nitrogens with one attached hydrogen (secondary N) is 2. The van der Waals surface area contributed by atoms with Crippen molar-refractivity contribution in [2.75, 3.05) is 0 Å². The van der Waals surface area contributed by atoms with Crippen LogP contribution in [0.2, 0.25) is 15.3 Å². The first-order valence-corrected chi connectivity index (χ1v) is 10.7. The normalized spacial score (nSPS) is 10.4. The molecule has 0 spiro atoms. The lowest BCUT2D eigenvalue weighted by molar-refractivity contribution is 0.0965. The predicted octanol–water partition coefficient (Wildman–Crippen LogP) is 5.73. The Balaban J connectivity index is 1.51. The van der Waals surface area contributed by atoms with Gasteiger partial charge >= 0.3 is 6.03 Å². The minimum atomic E-state index is -0.629. The third-order valence-corrected chi connectivity index (χ3v) is 5.58. The average molecular weight is 486 g/mol. The second-order valence-corrected chi connectivity index (χ2v) is 8.49. The predicted molar refractivity (Wildman–Crippen MR) is 116 cm³/mol. The molecule has 2 aromatic carbocycles. The van der Waals surface area contributed by atoms with Crippen LogP contribution in [0.25, 0.3) is 0 Å². The molecule has 11 heteroatoms. The molecular weight excluding hydrogens is 475 g/mol. The lowest BCUT2D eigenvalue weighted by Gasteiger charge is -2.07. The zero-order chi connectivity index (χ0) is 20.8. The minimum Gasteiger partial charge on any atom is -0.277 e. The van der Waals surface area contributed by atoms with Crippen molar-refractivity contribution in [1.82, 2.24) is 20.0 Å². The molecule has 3 rings (SSSR count). The van der Waals surface area contributed by atoms with Crippen LogP contribution in [0.1, 0.15) is 10.4 Å². The molecule has 0 aliphatic rings. The van der Waals surface area contributed by atoms with E-state index >= 15 is 0 Å². The third-order valence-electron chi connectivity index (χ3n) is 3.27. The molecule has 3 aromatic rings. The molecular formula is C18H11Cl3N4O2S2. The zero-order valence-electron chi connectivity index (χ0n) is 14.4. The van der Waals surface area contributed by atoms with Gasteiger partial charge in [-0.25, -0.2) is 14.8 Å². The molecule has 0 bridgehead atoms. The van der Waals surface area contributed by atoms with Crippen molar-refractivity contribution in [3.05, 3.63) is 75.5 Å². The summed E-state index contributed by atoms with van der Waals surface area (Å²) in [5.74, 6) is -0.522. The van der Waals surface area contributed by atoms with Crippen LogP contribution < -0.4 is 10.0 Å². The summed E-state index contributed by atoms with van der Waals surface area (Å²) >= 11 is 19.9. The first kappa shape index (κ1) is 21.7. The van der Waals surface area contributed by atoms with Crippen molar-refractivity contribution in [1.29, 1.82) is 0 Å². The van der Waals surface area contributed by atoms with Crippen LogP contribution in [0.15, 0.2) is 69.5 Å². The van der Waals surface area contributed by atoms with Gasteiger partial charge in [0, 0.05) is 26.4 Å². The molecule has 3 amide bonds. The molecule has 1 aromatic heterocycles. The highest BCUT2D eigenvalue weighted by Crippen LogP contribution is 2.28. The fourth-order valence-corrected chi connectivity index (χ4v) is 3.96. The highest BCUT2D eigenvalue weighted by Gasteiger charge is 2.10. The summed E-state index contributed by atoms with van der Waals surface area (Å²) in [5, 5.41) is 3.71. The smallest absolute Gasteiger partial charge is 0.277 e. The first-order valence-electron chi connectivity index (χ1n) is 7.91. The van der Waals surface area contributed by atoms with E-state index in [4.69, 9.17) is 34.8 Å². The fourth-order valence-electron chi connectivity index (χ4n) is 2.00. The summed E-state index contributed by atoms with van der Waals surface area (Å²) in [6, 6.07) is 14.3. The molecule has 0 fully saturated rings. The number of carbonyl (C=O) groups is 2. The largest absolute Gasteiger partial charge is 0.331 e. The Morgan fingerprint density at radius 3 is 2.03 bits per heavy atom. The summed E-state index contributed by atoms with van der Waals surface area (Å²) in [4.78, 5) is 33.7.